The summed E-state index contributed by atoms with van der Waals surface area (Å²) in [6.07, 6.45) is 3.92. The fourth-order valence-electron chi connectivity index (χ4n) is 3.66. The number of nitrogens with one attached hydrogen (secondary N) is 1. The lowest BCUT2D eigenvalue weighted by Crippen LogP contribution is -2.49. The predicted octanol–water partition coefficient (Wildman–Crippen LogP) is 3.55. The highest BCUT2D eigenvalue weighted by atomic mass is 79.9. The maximum absolute atomic E-state index is 12.7. The summed E-state index contributed by atoms with van der Waals surface area (Å²) in [6.45, 7) is 5.00. The zero-order valence-corrected chi connectivity index (χ0v) is 16.3. The van der Waals surface area contributed by atoms with E-state index in [1.54, 1.807) is 0 Å². The van der Waals surface area contributed by atoms with E-state index in [0.29, 0.717) is 6.54 Å². The van der Waals surface area contributed by atoms with Crippen LogP contribution in [0.2, 0.25) is 0 Å². The molecule has 0 spiro atoms. The van der Waals surface area contributed by atoms with Crippen LogP contribution in [0.4, 0.5) is 4.79 Å². The molecule has 2 heterocycles. The summed E-state index contributed by atoms with van der Waals surface area (Å²) in [5.74, 6) is -0.0682. The van der Waals surface area contributed by atoms with Crippen molar-refractivity contribution in [3.05, 3.63) is 34.3 Å². The molecule has 2 unspecified atom stereocenters. The average Bonchev–Trinajstić information content (AvgIpc) is 3.15. The monoisotopic (exact) mass is 407 g/mol. The van der Waals surface area contributed by atoms with Crippen LogP contribution in [0, 0.1) is 5.92 Å². The van der Waals surface area contributed by atoms with Gasteiger partial charge in [-0.15, -0.1) is 0 Å². The second kappa shape index (κ2) is 8.21. The minimum Gasteiger partial charge on any atom is -0.349 e. The van der Waals surface area contributed by atoms with Gasteiger partial charge < -0.3 is 15.1 Å². The van der Waals surface area contributed by atoms with Crippen molar-refractivity contribution in [3.63, 3.8) is 0 Å². The van der Waals surface area contributed by atoms with Crippen molar-refractivity contribution in [2.24, 2.45) is 5.92 Å². The molecular formula is C19H26BrN3O2. The predicted molar refractivity (Wildman–Crippen MR) is 101 cm³/mol. The summed E-state index contributed by atoms with van der Waals surface area (Å²) in [7, 11) is 0. The quantitative estimate of drug-likeness (QED) is 0.832. The Balaban J connectivity index is 1.57. The van der Waals surface area contributed by atoms with Gasteiger partial charge >= 0.3 is 6.03 Å². The van der Waals surface area contributed by atoms with E-state index in [1.165, 1.54) is 0 Å². The number of carbonyl (C=O) groups is 2. The third-order valence-corrected chi connectivity index (χ3v) is 5.64. The zero-order valence-electron chi connectivity index (χ0n) is 14.7. The van der Waals surface area contributed by atoms with Crippen LogP contribution in [-0.2, 0) is 4.79 Å². The lowest BCUT2D eigenvalue weighted by atomic mass is 9.96. The number of likely N-dealkylation sites (tertiary alicyclic amines) is 2. The number of halogens is 1. The first kappa shape index (κ1) is 18.2. The second-order valence-electron chi connectivity index (χ2n) is 7.05. The molecule has 5 nitrogen and oxygen atoms in total. The first-order valence-electron chi connectivity index (χ1n) is 9.14. The molecule has 1 aromatic carbocycles. The molecule has 0 radical (unpaired) electrons. The van der Waals surface area contributed by atoms with Crippen LogP contribution in [0.5, 0.6) is 0 Å². The van der Waals surface area contributed by atoms with E-state index < -0.39 is 0 Å². The van der Waals surface area contributed by atoms with E-state index in [2.05, 4.69) is 21.2 Å². The van der Waals surface area contributed by atoms with Crippen molar-refractivity contribution in [1.29, 1.82) is 0 Å². The topological polar surface area (TPSA) is 52.7 Å². The van der Waals surface area contributed by atoms with E-state index in [1.807, 2.05) is 41.0 Å². The van der Waals surface area contributed by atoms with Gasteiger partial charge in [-0.1, -0.05) is 28.1 Å². The lowest BCUT2D eigenvalue weighted by molar-refractivity contribution is -0.127. The van der Waals surface area contributed by atoms with Crippen molar-refractivity contribution in [1.82, 2.24) is 15.1 Å². The molecule has 1 aromatic rings. The Labute approximate surface area is 157 Å². The highest BCUT2D eigenvalue weighted by molar-refractivity contribution is 9.10. The number of benzene rings is 1. The largest absolute Gasteiger partial charge is 0.349 e. The lowest BCUT2D eigenvalue weighted by Gasteiger charge is -2.35. The van der Waals surface area contributed by atoms with Crippen molar-refractivity contribution in [3.8, 4) is 0 Å². The molecule has 6 heteroatoms. The number of hydrogen-bond acceptors (Lipinski definition) is 2. The summed E-state index contributed by atoms with van der Waals surface area (Å²) < 4.78 is 1.01. The van der Waals surface area contributed by atoms with E-state index >= 15 is 0 Å². The van der Waals surface area contributed by atoms with Crippen LogP contribution in [0.1, 0.15) is 44.2 Å². The summed E-state index contributed by atoms with van der Waals surface area (Å²) in [5.41, 5.74) is 1.07. The van der Waals surface area contributed by atoms with Gasteiger partial charge in [-0.2, -0.15) is 0 Å². The summed E-state index contributed by atoms with van der Waals surface area (Å²) in [4.78, 5) is 29.0. The SMILES string of the molecule is CC(NC(=O)C1CCCN(C(=O)N2CCCC2)C1)c1cccc(Br)c1. The van der Waals surface area contributed by atoms with Gasteiger partial charge in [0.1, 0.15) is 0 Å². The smallest absolute Gasteiger partial charge is 0.320 e. The van der Waals surface area contributed by atoms with Gasteiger partial charge in [0.2, 0.25) is 5.91 Å². The first-order chi connectivity index (χ1) is 12.0. The molecule has 2 aliphatic heterocycles. The molecule has 2 fully saturated rings. The molecule has 3 amide bonds. The molecule has 0 aliphatic carbocycles. The molecule has 2 atom stereocenters. The molecular weight excluding hydrogens is 382 g/mol. The van der Waals surface area contributed by atoms with Crippen LogP contribution < -0.4 is 5.32 Å². The molecule has 3 rings (SSSR count). The number of piperidine rings is 1. The fourth-order valence-corrected chi connectivity index (χ4v) is 4.08. The minimum atomic E-state index is -0.116. The van der Waals surface area contributed by atoms with Crippen molar-refractivity contribution < 1.29 is 9.59 Å². The Morgan fingerprint density at radius 1 is 1.16 bits per heavy atom. The average molecular weight is 408 g/mol. The number of nitrogens with zero attached hydrogens (tertiary/aromatic N) is 2. The van der Waals surface area contributed by atoms with Crippen molar-refractivity contribution in [2.75, 3.05) is 26.2 Å². The Hall–Kier alpha value is -1.56. The third kappa shape index (κ3) is 4.54. The highest BCUT2D eigenvalue weighted by Crippen LogP contribution is 2.22. The molecule has 25 heavy (non-hydrogen) atoms. The fraction of sp³-hybridized carbons (Fsp3) is 0.579. The van der Waals surface area contributed by atoms with Gasteiger partial charge in [-0.25, -0.2) is 4.79 Å². The van der Waals surface area contributed by atoms with Crippen LogP contribution in [-0.4, -0.2) is 47.9 Å². The summed E-state index contributed by atoms with van der Waals surface area (Å²) in [6, 6.07) is 8.04. The van der Waals surface area contributed by atoms with Crippen molar-refractivity contribution >= 4 is 27.9 Å². The van der Waals surface area contributed by atoms with Crippen molar-refractivity contribution in [2.45, 2.75) is 38.6 Å². The summed E-state index contributed by atoms with van der Waals surface area (Å²) in [5, 5.41) is 3.11. The number of hydrogen-bond donors (Lipinski definition) is 1. The number of amides is 3. The Morgan fingerprint density at radius 3 is 2.60 bits per heavy atom. The highest BCUT2D eigenvalue weighted by Gasteiger charge is 2.31. The second-order valence-corrected chi connectivity index (χ2v) is 7.96. The molecule has 2 saturated heterocycles. The first-order valence-corrected chi connectivity index (χ1v) is 9.93. The standard InChI is InChI=1S/C19H26BrN3O2/c1-14(15-6-4-8-17(20)12-15)21-18(24)16-7-5-11-23(13-16)19(25)22-9-2-3-10-22/h4,6,8,12,14,16H,2-3,5,7,9-11,13H2,1H3,(H,21,24). The minimum absolute atomic E-state index is 0.0466. The van der Waals surface area contributed by atoms with E-state index in [4.69, 9.17) is 0 Å². The number of carbonyl (C=O) groups excluding carboxylic acids is 2. The molecule has 0 bridgehead atoms. The third-order valence-electron chi connectivity index (χ3n) is 5.15. The summed E-state index contributed by atoms with van der Waals surface area (Å²) >= 11 is 3.47. The van der Waals surface area contributed by atoms with Crippen LogP contribution in [0.25, 0.3) is 0 Å². The molecule has 136 valence electrons. The van der Waals surface area contributed by atoms with Gasteiger partial charge in [0.25, 0.3) is 0 Å². The molecule has 2 aliphatic rings. The molecule has 0 saturated carbocycles. The maximum Gasteiger partial charge on any atom is 0.320 e. The van der Waals surface area contributed by atoms with Gasteiger partial charge in [-0.3, -0.25) is 4.79 Å². The van der Waals surface area contributed by atoms with Gasteiger partial charge in [-0.05, 0) is 50.3 Å². The number of rotatable bonds is 3. The van der Waals surface area contributed by atoms with E-state index in [-0.39, 0.29) is 23.9 Å². The normalized spacial score (nSPS) is 21.9. The van der Waals surface area contributed by atoms with Crippen LogP contribution in [0.15, 0.2) is 28.7 Å². The van der Waals surface area contributed by atoms with Gasteiger partial charge in [0.15, 0.2) is 0 Å². The number of urea groups is 1. The van der Waals surface area contributed by atoms with Gasteiger partial charge in [0.05, 0.1) is 12.0 Å². The Bertz CT molecular complexity index is 631. The zero-order chi connectivity index (χ0) is 17.8. The van der Waals surface area contributed by atoms with E-state index in [9.17, 15) is 9.59 Å². The van der Waals surface area contributed by atoms with E-state index in [0.717, 1.165) is 55.4 Å². The maximum atomic E-state index is 12.7. The molecule has 1 N–H and O–H groups in total. The van der Waals surface area contributed by atoms with Crippen LogP contribution >= 0.6 is 15.9 Å². The Morgan fingerprint density at radius 2 is 1.88 bits per heavy atom. The van der Waals surface area contributed by atoms with Gasteiger partial charge in [0, 0.05) is 30.7 Å². The van der Waals surface area contributed by atoms with Crippen LogP contribution in [0.3, 0.4) is 0 Å². The Kier molecular flexibility index (Phi) is 5.99. The molecule has 0 aromatic heterocycles.